The van der Waals surface area contributed by atoms with Gasteiger partial charge in [0.15, 0.2) is 0 Å². The van der Waals surface area contributed by atoms with Gasteiger partial charge in [0, 0.05) is 6.54 Å². The van der Waals surface area contributed by atoms with Crippen LogP contribution in [0.15, 0.2) is 36.7 Å². The number of aryl methyl sites for hydroxylation is 2. The van der Waals surface area contributed by atoms with Crippen molar-refractivity contribution in [3.05, 3.63) is 64.7 Å². The smallest absolute Gasteiger partial charge is 0.256 e. The summed E-state index contributed by atoms with van der Waals surface area (Å²) in [6.45, 7) is 4.84. The average Bonchev–Trinajstić information content (AvgIpc) is 3.24. The number of likely N-dealkylation sites (tertiary alicyclic amines) is 1. The number of nitrogens with zero attached hydrogens (tertiary/aromatic N) is 2. The van der Waals surface area contributed by atoms with E-state index in [-0.39, 0.29) is 11.9 Å². The Labute approximate surface area is 145 Å². The zero-order chi connectivity index (χ0) is 17.6. The van der Waals surface area contributed by atoms with E-state index in [1.165, 1.54) is 29.6 Å². The summed E-state index contributed by atoms with van der Waals surface area (Å²) >= 11 is 0. The lowest BCUT2D eigenvalue weighted by Gasteiger charge is -2.26. The molecule has 0 radical (unpaired) electrons. The Morgan fingerprint density at radius 1 is 1.24 bits per heavy atom. The summed E-state index contributed by atoms with van der Waals surface area (Å²) in [4.78, 5) is 22.1. The SMILES string of the molecule is Cc1ccc([C@@H]2CCCN2C(=O)c2cc(F)cc3[nH]cnc23)cc1C. The third-order valence-corrected chi connectivity index (χ3v) is 5.15. The lowest BCUT2D eigenvalue weighted by molar-refractivity contribution is 0.0737. The number of nitrogens with one attached hydrogen (secondary N) is 1. The van der Waals surface area contributed by atoms with Gasteiger partial charge in [-0.1, -0.05) is 18.2 Å². The second kappa shape index (κ2) is 5.99. The molecule has 3 aromatic rings. The number of rotatable bonds is 2. The molecule has 1 amide bonds. The van der Waals surface area contributed by atoms with E-state index in [1.54, 1.807) is 0 Å². The molecule has 0 unspecified atom stereocenters. The Kier molecular flexibility index (Phi) is 3.79. The third-order valence-electron chi connectivity index (χ3n) is 5.15. The molecule has 128 valence electrons. The van der Waals surface area contributed by atoms with Crippen molar-refractivity contribution >= 4 is 16.9 Å². The summed E-state index contributed by atoms with van der Waals surface area (Å²) in [5, 5.41) is 0. The fourth-order valence-corrected chi connectivity index (χ4v) is 3.66. The second-order valence-corrected chi connectivity index (χ2v) is 6.75. The van der Waals surface area contributed by atoms with Crippen LogP contribution in [0, 0.1) is 19.7 Å². The van der Waals surface area contributed by atoms with Crippen molar-refractivity contribution in [3.8, 4) is 0 Å². The Morgan fingerprint density at radius 3 is 2.88 bits per heavy atom. The van der Waals surface area contributed by atoms with Crippen LogP contribution in [0.25, 0.3) is 11.0 Å². The number of hydrogen-bond acceptors (Lipinski definition) is 2. The van der Waals surface area contributed by atoms with Crippen LogP contribution in [0.4, 0.5) is 4.39 Å². The zero-order valence-electron chi connectivity index (χ0n) is 14.3. The zero-order valence-corrected chi connectivity index (χ0v) is 14.3. The van der Waals surface area contributed by atoms with E-state index in [2.05, 4.69) is 42.0 Å². The number of aromatic amines is 1. The van der Waals surface area contributed by atoms with Gasteiger partial charge in [0.2, 0.25) is 0 Å². The lowest BCUT2D eigenvalue weighted by Crippen LogP contribution is -2.31. The second-order valence-electron chi connectivity index (χ2n) is 6.75. The first-order chi connectivity index (χ1) is 12.0. The summed E-state index contributed by atoms with van der Waals surface area (Å²) in [5.74, 6) is -0.584. The molecular weight excluding hydrogens is 317 g/mol. The van der Waals surface area contributed by atoms with Crippen LogP contribution in [0.3, 0.4) is 0 Å². The highest BCUT2D eigenvalue weighted by Crippen LogP contribution is 2.34. The van der Waals surface area contributed by atoms with Crippen LogP contribution in [0.2, 0.25) is 0 Å². The molecule has 0 saturated carbocycles. The van der Waals surface area contributed by atoms with E-state index in [0.717, 1.165) is 18.4 Å². The normalized spacial score (nSPS) is 17.4. The topological polar surface area (TPSA) is 49.0 Å². The number of fused-ring (bicyclic) bond motifs is 1. The van der Waals surface area contributed by atoms with Gasteiger partial charge in [-0.15, -0.1) is 0 Å². The fraction of sp³-hybridized carbons (Fsp3) is 0.300. The van der Waals surface area contributed by atoms with Crippen molar-refractivity contribution in [1.29, 1.82) is 0 Å². The van der Waals surface area contributed by atoms with Crippen molar-refractivity contribution in [3.63, 3.8) is 0 Å². The average molecular weight is 337 g/mol. The first-order valence-corrected chi connectivity index (χ1v) is 8.55. The lowest BCUT2D eigenvalue weighted by atomic mass is 9.99. The van der Waals surface area contributed by atoms with Gasteiger partial charge in [0.1, 0.15) is 11.3 Å². The van der Waals surface area contributed by atoms with Gasteiger partial charge in [-0.2, -0.15) is 0 Å². The van der Waals surface area contributed by atoms with Gasteiger partial charge in [0.05, 0.1) is 23.4 Å². The van der Waals surface area contributed by atoms with E-state index < -0.39 is 5.82 Å². The van der Waals surface area contributed by atoms with E-state index in [4.69, 9.17) is 0 Å². The van der Waals surface area contributed by atoms with Gasteiger partial charge < -0.3 is 9.88 Å². The maximum Gasteiger partial charge on any atom is 0.256 e. The van der Waals surface area contributed by atoms with Crippen molar-refractivity contribution in [1.82, 2.24) is 14.9 Å². The number of amides is 1. The molecule has 1 aromatic heterocycles. The van der Waals surface area contributed by atoms with Crippen molar-refractivity contribution in [2.24, 2.45) is 0 Å². The van der Waals surface area contributed by atoms with E-state index in [0.29, 0.717) is 23.1 Å². The number of halogens is 1. The largest absolute Gasteiger partial charge is 0.344 e. The molecular formula is C20H20FN3O. The standard InChI is InChI=1S/C20H20FN3O/c1-12-5-6-14(8-13(12)2)18-4-3-7-24(18)20(25)16-9-15(21)10-17-19(16)23-11-22-17/h5-6,8-11,18H,3-4,7H2,1-2H3,(H,22,23)/t18-/m0/s1. The summed E-state index contributed by atoms with van der Waals surface area (Å²) < 4.78 is 13.9. The Bertz CT molecular complexity index is 963. The first-order valence-electron chi connectivity index (χ1n) is 8.55. The Hall–Kier alpha value is -2.69. The molecule has 0 bridgehead atoms. The summed E-state index contributed by atoms with van der Waals surface area (Å²) in [6.07, 6.45) is 3.36. The number of aromatic nitrogens is 2. The molecule has 4 nitrogen and oxygen atoms in total. The highest BCUT2D eigenvalue weighted by molar-refractivity contribution is 6.05. The molecule has 0 spiro atoms. The minimum Gasteiger partial charge on any atom is -0.344 e. The highest BCUT2D eigenvalue weighted by atomic mass is 19.1. The van der Waals surface area contributed by atoms with Crippen molar-refractivity contribution in [2.45, 2.75) is 32.7 Å². The highest BCUT2D eigenvalue weighted by Gasteiger charge is 2.32. The van der Waals surface area contributed by atoms with Crippen molar-refractivity contribution < 1.29 is 9.18 Å². The molecule has 1 aliphatic heterocycles. The van der Waals surface area contributed by atoms with Gasteiger partial charge in [-0.3, -0.25) is 4.79 Å². The van der Waals surface area contributed by atoms with E-state index in [1.807, 2.05) is 4.90 Å². The number of carbonyl (C=O) groups excluding carboxylic acids is 1. The molecule has 1 fully saturated rings. The molecule has 5 heteroatoms. The molecule has 2 aromatic carbocycles. The van der Waals surface area contributed by atoms with Crippen LogP contribution in [0.5, 0.6) is 0 Å². The molecule has 2 heterocycles. The monoisotopic (exact) mass is 337 g/mol. The predicted molar refractivity (Wildman–Crippen MR) is 95.0 cm³/mol. The molecule has 1 saturated heterocycles. The Morgan fingerprint density at radius 2 is 2.08 bits per heavy atom. The van der Waals surface area contributed by atoms with Gasteiger partial charge in [-0.05, 0) is 55.5 Å². The number of carbonyl (C=O) groups is 1. The minimum absolute atomic E-state index is 0.0315. The third kappa shape index (κ3) is 2.69. The number of benzene rings is 2. The van der Waals surface area contributed by atoms with Crippen LogP contribution < -0.4 is 0 Å². The summed E-state index contributed by atoms with van der Waals surface area (Å²) in [5.41, 5.74) is 5.00. The molecule has 0 aliphatic carbocycles. The maximum absolute atomic E-state index is 13.9. The number of hydrogen-bond donors (Lipinski definition) is 1. The minimum atomic E-state index is -0.429. The quantitative estimate of drug-likeness (QED) is 0.758. The molecule has 1 N–H and O–H groups in total. The number of imidazole rings is 1. The van der Waals surface area contributed by atoms with Crippen molar-refractivity contribution in [2.75, 3.05) is 6.54 Å². The van der Waals surface area contributed by atoms with Gasteiger partial charge in [0.25, 0.3) is 5.91 Å². The predicted octanol–water partition coefficient (Wildman–Crippen LogP) is 4.30. The molecule has 1 atom stereocenters. The summed E-state index contributed by atoms with van der Waals surface area (Å²) in [6, 6.07) is 9.03. The molecule has 25 heavy (non-hydrogen) atoms. The van der Waals surface area contributed by atoms with Crippen LogP contribution in [0.1, 0.15) is 45.9 Å². The molecule has 4 rings (SSSR count). The first kappa shape index (κ1) is 15.8. The number of H-pyrrole nitrogens is 1. The van der Waals surface area contributed by atoms with Crippen LogP contribution in [-0.2, 0) is 0 Å². The van der Waals surface area contributed by atoms with Gasteiger partial charge in [-0.25, -0.2) is 9.37 Å². The maximum atomic E-state index is 13.9. The fourth-order valence-electron chi connectivity index (χ4n) is 3.66. The van der Waals surface area contributed by atoms with Gasteiger partial charge >= 0.3 is 0 Å². The van der Waals surface area contributed by atoms with Crippen LogP contribution in [-0.4, -0.2) is 27.3 Å². The van der Waals surface area contributed by atoms with E-state index >= 15 is 0 Å². The molecule has 1 aliphatic rings. The summed E-state index contributed by atoms with van der Waals surface area (Å²) in [7, 11) is 0. The van der Waals surface area contributed by atoms with E-state index in [9.17, 15) is 9.18 Å². The van der Waals surface area contributed by atoms with Crippen LogP contribution >= 0.6 is 0 Å². The Balaban J connectivity index is 1.73.